The third-order valence-corrected chi connectivity index (χ3v) is 5.86. The third-order valence-electron chi connectivity index (χ3n) is 5.86. The van der Waals surface area contributed by atoms with Gasteiger partial charge in [-0.2, -0.15) is 0 Å². The van der Waals surface area contributed by atoms with Gasteiger partial charge in [-0.15, -0.1) is 0 Å². The Morgan fingerprint density at radius 1 is 1.08 bits per heavy atom. The van der Waals surface area contributed by atoms with Crippen molar-refractivity contribution < 1.29 is 20.1 Å². The predicted octanol–water partition coefficient (Wildman–Crippen LogP) is 4.07. The molecule has 2 aliphatic rings. The van der Waals surface area contributed by atoms with E-state index in [0.29, 0.717) is 18.3 Å². The highest BCUT2D eigenvalue weighted by Crippen LogP contribution is 2.36. The topological polar surface area (TPSA) is 77.8 Å². The quantitative estimate of drug-likeness (QED) is 0.433. The van der Waals surface area contributed by atoms with E-state index in [1.165, 1.54) is 19.3 Å². The van der Waals surface area contributed by atoms with Crippen molar-refractivity contribution in [3.63, 3.8) is 0 Å². The van der Waals surface area contributed by atoms with Crippen LogP contribution in [0.2, 0.25) is 0 Å². The second-order valence-electron chi connectivity index (χ2n) is 7.74. The first-order valence-corrected chi connectivity index (χ1v) is 9.99. The van der Waals surface area contributed by atoms with Crippen LogP contribution in [0.5, 0.6) is 0 Å². The Hall–Kier alpha value is -1.13. The number of rotatable bonds is 9. The van der Waals surface area contributed by atoms with Crippen LogP contribution in [0.15, 0.2) is 24.3 Å². The lowest BCUT2D eigenvalue weighted by atomic mass is 9.84. The monoisotopic (exact) mass is 350 g/mol. The van der Waals surface area contributed by atoms with E-state index < -0.39 is 5.97 Å². The average molecular weight is 350 g/mol. The Labute approximate surface area is 151 Å². The highest BCUT2D eigenvalue weighted by atomic mass is 16.4. The maximum atomic E-state index is 10.5. The van der Waals surface area contributed by atoms with E-state index in [0.717, 1.165) is 38.5 Å². The molecule has 4 heteroatoms. The van der Waals surface area contributed by atoms with Crippen LogP contribution < -0.4 is 0 Å². The van der Waals surface area contributed by atoms with Crippen LogP contribution in [-0.2, 0) is 4.79 Å². The summed E-state index contributed by atoms with van der Waals surface area (Å²) in [7, 11) is 0. The van der Waals surface area contributed by atoms with Gasteiger partial charge in [-0.05, 0) is 62.7 Å². The van der Waals surface area contributed by atoms with Crippen molar-refractivity contribution in [1.29, 1.82) is 0 Å². The molecule has 25 heavy (non-hydrogen) atoms. The molecule has 0 bridgehead atoms. The van der Waals surface area contributed by atoms with E-state index in [2.05, 4.69) is 12.2 Å². The normalized spacial score (nSPS) is 29.6. The smallest absolute Gasteiger partial charge is 0.303 e. The predicted molar refractivity (Wildman–Crippen MR) is 99.2 cm³/mol. The first-order valence-electron chi connectivity index (χ1n) is 9.99. The third kappa shape index (κ3) is 6.95. The highest BCUT2D eigenvalue weighted by Gasteiger charge is 2.32. The van der Waals surface area contributed by atoms with E-state index in [-0.39, 0.29) is 24.5 Å². The number of allylic oxidation sites excluding steroid dienone is 3. The zero-order chi connectivity index (χ0) is 18.1. The Morgan fingerprint density at radius 3 is 2.56 bits per heavy atom. The molecule has 2 saturated carbocycles. The molecule has 2 aliphatic carbocycles. The van der Waals surface area contributed by atoms with Crippen molar-refractivity contribution in [3.8, 4) is 0 Å². The van der Waals surface area contributed by atoms with Crippen LogP contribution in [0, 0.1) is 17.8 Å². The maximum Gasteiger partial charge on any atom is 0.303 e. The summed E-state index contributed by atoms with van der Waals surface area (Å²) in [6.45, 7) is 0. The number of hydrogen-bond acceptors (Lipinski definition) is 3. The largest absolute Gasteiger partial charge is 0.481 e. The van der Waals surface area contributed by atoms with Gasteiger partial charge in [0.1, 0.15) is 0 Å². The SMILES string of the molecule is O=C(O)CCC/C=C\CC1C(O)CCC1/C=C/C(O)C1CCCCC1. The number of aliphatic carboxylic acids is 1. The molecule has 0 spiro atoms. The van der Waals surface area contributed by atoms with Gasteiger partial charge in [0.15, 0.2) is 0 Å². The average Bonchev–Trinajstić information content (AvgIpc) is 2.96. The van der Waals surface area contributed by atoms with Crippen molar-refractivity contribution in [2.24, 2.45) is 17.8 Å². The first-order chi connectivity index (χ1) is 12.1. The molecule has 0 aromatic heterocycles. The molecule has 0 aliphatic heterocycles. The Kier molecular flexibility index (Phi) is 8.70. The lowest BCUT2D eigenvalue weighted by Gasteiger charge is -2.25. The fraction of sp³-hybridized carbons (Fsp3) is 0.762. The molecule has 0 amide bonds. The Morgan fingerprint density at radius 2 is 1.84 bits per heavy atom. The van der Waals surface area contributed by atoms with E-state index >= 15 is 0 Å². The summed E-state index contributed by atoms with van der Waals surface area (Å²) in [6, 6.07) is 0. The highest BCUT2D eigenvalue weighted by molar-refractivity contribution is 5.66. The molecule has 2 fully saturated rings. The standard InChI is InChI=1S/C21H34O4/c22-19(17-8-4-3-5-9-17)14-12-16-13-15-20(23)18(16)10-6-1-2-7-11-21(24)25/h1,6,12,14,16-20,22-23H,2-5,7-11,13,15H2,(H,24,25)/b6-1-,14-12+. The lowest BCUT2D eigenvalue weighted by molar-refractivity contribution is -0.137. The molecule has 3 N–H and O–H groups in total. The number of aliphatic hydroxyl groups is 2. The fourth-order valence-corrected chi connectivity index (χ4v) is 4.28. The van der Waals surface area contributed by atoms with Crippen molar-refractivity contribution in [1.82, 2.24) is 0 Å². The molecule has 0 saturated heterocycles. The first kappa shape index (κ1) is 20.2. The summed E-state index contributed by atoms with van der Waals surface area (Å²) in [5, 5.41) is 29.3. The van der Waals surface area contributed by atoms with Crippen LogP contribution in [0.1, 0.15) is 70.6 Å². The number of carboxylic acids is 1. The summed E-state index contributed by atoms with van der Waals surface area (Å²) in [5.41, 5.74) is 0. The summed E-state index contributed by atoms with van der Waals surface area (Å²) in [4.78, 5) is 10.5. The molecule has 4 unspecified atom stereocenters. The summed E-state index contributed by atoms with van der Waals surface area (Å²) >= 11 is 0. The summed E-state index contributed by atoms with van der Waals surface area (Å²) < 4.78 is 0. The van der Waals surface area contributed by atoms with Gasteiger partial charge in [0.2, 0.25) is 0 Å². The van der Waals surface area contributed by atoms with Gasteiger partial charge in [0.05, 0.1) is 12.2 Å². The maximum absolute atomic E-state index is 10.5. The van der Waals surface area contributed by atoms with Crippen molar-refractivity contribution >= 4 is 5.97 Å². The van der Waals surface area contributed by atoms with Crippen LogP contribution in [0.3, 0.4) is 0 Å². The fourth-order valence-electron chi connectivity index (χ4n) is 4.28. The minimum Gasteiger partial charge on any atom is -0.481 e. The van der Waals surface area contributed by atoms with Gasteiger partial charge in [-0.3, -0.25) is 4.79 Å². The molecule has 142 valence electrons. The Bertz CT molecular complexity index is 451. The minimum absolute atomic E-state index is 0.209. The van der Waals surface area contributed by atoms with Gasteiger partial charge in [0.25, 0.3) is 0 Å². The second kappa shape index (κ2) is 10.8. The molecule has 4 atom stereocenters. The van der Waals surface area contributed by atoms with Crippen LogP contribution in [0.4, 0.5) is 0 Å². The molecule has 0 radical (unpaired) electrons. The van der Waals surface area contributed by atoms with Crippen LogP contribution in [0.25, 0.3) is 0 Å². The zero-order valence-electron chi connectivity index (χ0n) is 15.2. The molecule has 0 heterocycles. The van der Waals surface area contributed by atoms with Crippen LogP contribution >= 0.6 is 0 Å². The van der Waals surface area contributed by atoms with Gasteiger partial charge in [-0.25, -0.2) is 0 Å². The van der Waals surface area contributed by atoms with Gasteiger partial charge >= 0.3 is 5.97 Å². The molecular weight excluding hydrogens is 316 g/mol. The van der Waals surface area contributed by atoms with Crippen molar-refractivity contribution in [3.05, 3.63) is 24.3 Å². The van der Waals surface area contributed by atoms with Gasteiger partial charge < -0.3 is 15.3 Å². The molecular formula is C21H34O4. The lowest BCUT2D eigenvalue weighted by Crippen LogP contribution is -2.22. The van der Waals surface area contributed by atoms with Gasteiger partial charge in [0, 0.05) is 6.42 Å². The number of carboxylic acid groups (broad SMARTS) is 1. The van der Waals surface area contributed by atoms with Crippen molar-refractivity contribution in [2.45, 2.75) is 82.8 Å². The summed E-state index contributed by atoms with van der Waals surface area (Å²) in [6.07, 6.45) is 17.9. The van der Waals surface area contributed by atoms with E-state index in [1.54, 1.807) is 0 Å². The molecule has 2 rings (SSSR count). The summed E-state index contributed by atoms with van der Waals surface area (Å²) in [5.74, 6) is 0.202. The van der Waals surface area contributed by atoms with Crippen molar-refractivity contribution in [2.75, 3.05) is 0 Å². The molecule has 0 aromatic rings. The zero-order valence-corrected chi connectivity index (χ0v) is 15.2. The molecule has 4 nitrogen and oxygen atoms in total. The number of unbranched alkanes of at least 4 members (excludes halogenated alkanes) is 1. The molecule has 0 aromatic carbocycles. The minimum atomic E-state index is -0.749. The van der Waals surface area contributed by atoms with E-state index in [4.69, 9.17) is 5.11 Å². The Balaban J connectivity index is 1.77. The van der Waals surface area contributed by atoms with Crippen LogP contribution in [-0.4, -0.2) is 33.5 Å². The van der Waals surface area contributed by atoms with E-state index in [1.807, 2.05) is 12.2 Å². The number of carbonyl (C=O) groups is 1. The number of hydrogen-bond donors (Lipinski definition) is 3. The van der Waals surface area contributed by atoms with E-state index in [9.17, 15) is 15.0 Å². The number of aliphatic hydroxyl groups excluding tert-OH is 2. The second-order valence-corrected chi connectivity index (χ2v) is 7.74. The van der Waals surface area contributed by atoms with Gasteiger partial charge in [-0.1, -0.05) is 43.6 Å².